The second-order valence-electron chi connectivity index (χ2n) is 7.75. The summed E-state index contributed by atoms with van der Waals surface area (Å²) in [6.07, 6.45) is 7.25. The average Bonchev–Trinajstić information content (AvgIpc) is 2.78. The summed E-state index contributed by atoms with van der Waals surface area (Å²) in [7, 11) is 2.00. The number of hydrazone groups is 1. The van der Waals surface area contributed by atoms with Gasteiger partial charge in [-0.1, -0.05) is 37.5 Å². The van der Waals surface area contributed by atoms with Crippen molar-refractivity contribution < 1.29 is 14.5 Å². The molecule has 1 saturated carbocycles. The third-order valence-corrected chi connectivity index (χ3v) is 5.57. The van der Waals surface area contributed by atoms with E-state index in [4.69, 9.17) is 4.74 Å². The molecule has 0 radical (unpaired) electrons. The van der Waals surface area contributed by atoms with E-state index in [1.807, 2.05) is 32.2 Å². The van der Waals surface area contributed by atoms with Crippen LogP contribution in [0.4, 0.5) is 11.4 Å². The molecular formula is C23H28N4O4. The highest BCUT2D eigenvalue weighted by Crippen LogP contribution is 2.30. The number of rotatable bonds is 8. The molecule has 2 aromatic rings. The van der Waals surface area contributed by atoms with Crippen LogP contribution in [0.25, 0.3) is 0 Å². The summed E-state index contributed by atoms with van der Waals surface area (Å²) in [6, 6.07) is 12.5. The Bertz CT molecular complexity index is 954. The van der Waals surface area contributed by atoms with Gasteiger partial charge in [0.05, 0.1) is 11.1 Å². The lowest BCUT2D eigenvalue weighted by Crippen LogP contribution is -2.34. The molecule has 1 N–H and O–H groups in total. The van der Waals surface area contributed by atoms with Gasteiger partial charge in [0.25, 0.3) is 11.6 Å². The quantitative estimate of drug-likeness (QED) is 0.389. The molecule has 0 aliphatic heterocycles. The number of nitro benzene ring substituents is 1. The summed E-state index contributed by atoms with van der Waals surface area (Å²) in [5, 5.41) is 15.2. The fourth-order valence-electron chi connectivity index (χ4n) is 3.81. The lowest BCUT2D eigenvalue weighted by atomic mass is 9.94. The second kappa shape index (κ2) is 10.6. The topological polar surface area (TPSA) is 97.1 Å². The third-order valence-electron chi connectivity index (χ3n) is 5.57. The van der Waals surface area contributed by atoms with Crippen LogP contribution in [0.5, 0.6) is 5.75 Å². The molecule has 0 bridgehead atoms. The number of nitrogens with zero attached hydrogens (tertiary/aromatic N) is 3. The van der Waals surface area contributed by atoms with E-state index in [1.165, 1.54) is 37.6 Å². The molecule has 1 aliphatic rings. The fourth-order valence-corrected chi connectivity index (χ4v) is 3.81. The summed E-state index contributed by atoms with van der Waals surface area (Å²) in [6.45, 7) is 1.73. The minimum atomic E-state index is -0.434. The van der Waals surface area contributed by atoms with Crippen LogP contribution in [-0.2, 0) is 4.79 Å². The minimum Gasteiger partial charge on any atom is -0.483 e. The molecule has 0 spiro atoms. The summed E-state index contributed by atoms with van der Waals surface area (Å²) < 4.78 is 5.51. The Hall–Kier alpha value is -3.42. The van der Waals surface area contributed by atoms with Crippen molar-refractivity contribution in [2.45, 2.75) is 45.1 Å². The van der Waals surface area contributed by atoms with E-state index in [0.717, 1.165) is 24.1 Å². The summed E-state index contributed by atoms with van der Waals surface area (Å²) in [4.78, 5) is 25.0. The van der Waals surface area contributed by atoms with E-state index >= 15 is 0 Å². The maximum Gasteiger partial charge on any atom is 0.277 e. The number of amides is 1. The predicted molar refractivity (Wildman–Crippen MR) is 121 cm³/mol. The Morgan fingerprint density at radius 3 is 2.71 bits per heavy atom. The van der Waals surface area contributed by atoms with Gasteiger partial charge in [-0.25, -0.2) is 5.43 Å². The van der Waals surface area contributed by atoms with Crippen molar-refractivity contribution in [3.63, 3.8) is 0 Å². The molecule has 0 saturated heterocycles. The molecular weight excluding hydrogens is 396 g/mol. The lowest BCUT2D eigenvalue weighted by molar-refractivity contribution is -0.384. The van der Waals surface area contributed by atoms with Crippen molar-refractivity contribution in [1.82, 2.24) is 5.43 Å². The summed E-state index contributed by atoms with van der Waals surface area (Å²) in [5.41, 5.74) is 4.79. The van der Waals surface area contributed by atoms with Crippen LogP contribution >= 0.6 is 0 Å². The molecule has 31 heavy (non-hydrogen) atoms. The first kappa shape index (κ1) is 22.3. The van der Waals surface area contributed by atoms with Gasteiger partial charge in [0.1, 0.15) is 5.75 Å². The highest BCUT2D eigenvalue weighted by atomic mass is 16.6. The Labute approximate surface area is 182 Å². The Morgan fingerprint density at radius 1 is 1.26 bits per heavy atom. The van der Waals surface area contributed by atoms with Crippen LogP contribution in [0.1, 0.15) is 43.2 Å². The van der Waals surface area contributed by atoms with Crippen molar-refractivity contribution in [2.75, 3.05) is 18.6 Å². The van der Waals surface area contributed by atoms with Gasteiger partial charge in [0, 0.05) is 36.5 Å². The van der Waals surface area contributed by atoms with Crippen LogP contribution < -0.4 is 15.1 Å². The Balaban J connectivity index is 1.68. The van der Waals surface area contributed by atoms with Gasteiger partial charge < -0.3 is 9.64 Å². The van der Waals surface area contributed by atoms with Gasteiger partial charge in [-0.15, -0.1) is 0 Å². The number of carbonyl (C=O) groups is 1. The SMILES string of the molecule is Cc1ccccc1OCC(=O)NN=Cc1cc([N+](=O)[O-])ccc1N(C)C1CCCCC1. The van der Waals surface area contributed by atoms with Gasteiger partial charge in [0.15, 0.2) is 6.61 Å². The molecule has 0 unspecified atom stereocenters. The third kappa shape index (κ3) is 6.04. The number of anilines is 1. The largest absolute Gasteiger partial charge is 0.483 e. The molecule has 0 aromatic heterocycles. The molecule has 164 valence electrons. The zero-order valence-corrected chi connectivity index (χ0v) is 17.9. The van der Waals surface area contributed by atoms with Crippen molar-refractivity contribution in [2.24, 2.45) is 5.10 Å². The predicted octanol–water partition coefficient (Wildman–Crippen LogP) is 4.20. The van der Waals surface area contributed by atoms with Gasteiger partial charge in [-0.2, -0.15) is 5.10 Å². The van der Waals surface area contributed by atoms with Crippen molar-refractivity contribution in [1.29, 1.82) is 0 Å². The van der Waals surface area contributed by atoms with Gasteiger partial charge in [-0.3, -0.25) is 14.9 Å². The smallest absolute Gasteiger partial charge is 0.277 e. The normalized spacial score (nSPS) is 14.4. The highest BCUT2D eigenvalue weighted by Gasteiger charge is 2.21. The first-order valence-electron chi connectivity index (χ1n) is 10.5. The van der Waals surface area contributed by atoms with E-state index < -0.39 is 10.8 Å². The lowest BCUT2D eigenvalue weighted by Gasteiger charge is -2.33. The van der Waals surface area contributed by atoms with Crippen LogP contribution in [0.3, 0.4) is 0 Å². The molecule has 8 nitrogen and oxygen atoms in total. The first-order valence-corrected chi connectivity index (χ1v) is 10.5. The number of hydrogen-bond acceptors (Lipinski definition) is 6. The van der Waals surface area contributed by atoms with Crippen molar-refractivity contribution >= 4 is 23.5 Å². The van der Waals surface area contributed by atoms with Gasteiger partial charge >= 0.3 is 0 Å². The molecule has 3 rings (SSSR count). The minimum absolute atomic E-state index is 0.0172. The summed E-state index contributed by atoms with van der Waals surface area (Å²) in [5.74, 6) is 0.226. The maximum atomic E-state index is 12.1. The fraction of sp³-hybridized carbons (Fsp3) is 0.391. The maximum absolute atomic E-state index is 12.1. The number of hydrogen-bond donors (Lipinski definition) is 1. The van der Waals surface area contributed by atoms with E-state index in [9.17, 15) is 14.9 Å². The Morgan fingerprint density at radius 2 is 2.00 bits per heavy atom. The van der Waals surface area contributed by atoms with Crippen molar-refractivity contribution in [3.8, 4) is 5.75 Å². The molecule has 0 atom stereocenters. The molecule has 0 heterocycles. The number of nitrogens with one attached hydrogen (secondary N) is 1. The Kier molecular flexibility index (Phi) is 7.59. The van der Waals surface area contributed by atoms with Crippen LogP contribution in [0.15, 0.2) is 47.6 Å². The highest BCUT2D eigenvalue weighted by molar-refractivity contribution is 5.90. The molecule has 1 amide bonds. The number of non-ortho nitro benzene ring substituents is 1. The van der Waals surface area contributed by atoms with Crippen LogP contribution in [-0.4, -0.2) is 36.7 Å². The molecule has 2 aromatic carbocycles. The molecule has 1 fully saturated rings. The zero-order valence-electron chi connectivity index (χ0n) is 17.9. The van der Waals surface area contributed by atoms with E-state index in [-0.39, 0.29) is 12.3 Å². The number of carbonyl (C=O) groups excluding carboxylic acids is 1. The number of para-hydroxylation sites is 1. The first-order chi connectivity index (χ1) is 15.0. The molecule has 1 aliphatic carbocycles. The molecule has 8 heteroatoms. The van der Waals surface area contributed by atoms with E-state index in [2.05, 4.69) is 15.4 Å². The van der Waals surface area contributed by atoms with Crippen molar-refractivity contribution in [3.05, 3.63) is 63.7 Å². The van der Waals surface area contributed by atoms with Crippen LogP contribution in [0.2, 0.25) is 0 Å². The standard InChI is InChI=1S/C23H28N4O4/c1-17-8-6-7-11-22(17)31-16-23(28)25-24-15-18-14-20(27(29)30)12-13-21(18)26(2)19-9-4-3-5-10-19/h6-8,11-15,19H,3-5,9-10,16H2,1-2H3,(H,25,28). The average molecular weight is 425 g/mol. The summed E-state index contributed by atoms with van der Waals surface area (Å²) >= 11 is 0. The number of ether oxygens (including phenoxy) is 1. The monoisotopic (exact) mass is 424 g/mol. The van der Waals surface area contributed by atoms with Crippen LogP contribution in [0, 0.1) is 17.0 Å². The van der Waals surface area contributed by atoms with Gasteiger partial charge in [-0.05, 0) is 37.5 Å². The van der Waals surface area contributed by atoms with Gasteiger partial charge in [0.2, 0.25) is 0 Å². The van der Waals surface area contributed by atoms with E-state index in [0.29, 0.717) is 17.4 Å². The number of benzene rings is 2. The second-order valence-corrected chi connectivity index (χ2v) is 7.75. The number of nitro groups is 1. The number of aryl methyl sites for hydroxylation is 1. The van der Waals surface area contributed by atoms with E-state index in [1.54, 1.807) is 12.1 Å². The zero-order chi connectivity index (χ0) is 22.2.